The topological polar surface area (TPSA) is 108 Å². The molecule has 4 N–H and O–H groups in total. The zero-order valence-corrected chi connectivity index (χ0v) is 16.3. The lowest BCUT2D eigenvalue weighted by Gasteiger charge is -2.25. The van der Waals surface area contributed by atoms with E-state index in [-0.39, 0.29) is 24.2 Å². The van der Waals surface area contributed by atoms with E-state index in [1.165, 1.54) is 6.42 Å². The lowest BCUT2D eigenvalue weighted by Crippen LogP contribution is -2.49. The van der Waals surface area contributed by atoms with Crippen LogP contribution < -0.4 is 16.1 Å². The normalized spacial score (nSPS) is 15.5. The predicted molar refractivity (Wildman–Crippen MR) is 105 cm³/mol. The first kappa shape index (κ1) is 21.9. The third-order valence-electron chi connectivity index (χ3n) is 5.16. The zero-order valence-electron chi connectivity index (χ0n) is 16.3. The van der Waals surface area contributed by atoms with E-state index in [1.54, 1.807) is 29.7 Å². The smallest absolute Gasteiger partial charge is 0.252 e. The van der Waals surface area contributed by atoms with E-state index in [2.05, 4.69) is 10.6 Å². The maximum absolute atomic E-state index is 12.6. The molecule has 154 valence electrons. The Morgan fingerprint density at radius 2 is 1.68 bits per heavy atom. The Balaban J connectivity index is 1.87. The molecule has 7 heteroatoms. The minimum atomic E-state index is -0.436. The molecule has 7 nitrogen and oxygen atoms in total. The maximum Gasteiger partial charge on any atom is 0.252 e. The highest BCUT2D eigenvalue weighted by atomic mass is 16.5. The fraction of sp³-hybridized carbons (Fsp3) is 0.571. The van der Waals surface area contributed by atoms with Crippen molar-refractivity contribution < 1.29 is 19.6 Å². The van der Waals surface area contributed by atoms with Crippen molar-refractivity contribution >= 4 is 17.7 Å². The second-order valence-corrected chi connectivity index (χ2v) is 7.37. The predicted octanol–water partition coefficient (Wildman–Crippen LogP) is 2.89. The van der Waals surface area contributed by atoms with Gasteiger partial charge in [-0.3, -0.25) is 19.6 Å². The van der Waals surface area contributed by atoms with Crippen molar-refractivity contribution in [3.63, 3.8) is 0 Å². The van der Waals surface area contributed by atoms with Crippen LogP contribution in [0.4, 0.5) is 0 Å². The summed E-state index contributed by atoms with van der Waals surface area (Å²) >= 11 is 0. The summed E-state index contributed by atoms with van der Waals surface area (Å²) in [5.74, 6) is -0.579. The number of benzene rings is 1. The van der Waals surface area contributed by atoms with Crippen LogP contribution in [0.5, 0.6) is 0 Å². The van der Waals surface area contributed by atoms with Crippen molar-refractivity contribution in [2.24, 2.45) is 5.92 Å². The summed E-state index contributed by atoms with van der Waals surface area (Å²) < 4.78 is 0. The van der Waals surface area contributed by atoms with Gasteiger partial charge in [0.25, 0.3) is 5.91 Å². The minimum Gasteiger partial charge on any atom is -0.336 e. The van der Waals surface area contributed by atoms with Gasteiger partial charge in [0.2, 0.25) is 11.8 Å². The number of nitrogens with one attached hydrogen (secondary N) is 3. The molecule has 0 aliphatic heterocycles. The van der Waals surface area contributed by atoms with Gasteiger partial charge in [-0.25, -0.2) is 5.48 Å². The van der Waals surface area contributed by atoms with Crippen molar-refractivity contribution in [2.75, 3.05) is 0 Å². The number of carbonyl (C=O) groups excluding carboxylic acids is 3. The summed E-state index contributed by atoms with van der Waals surface area (Å²) in [6.45, 7) is 0. The summed E-state index contributed by atoms with van der Waals surface area (Å²) in [5.41, 5.74) is 2.17. The van der Waals surface area contributed by atoms with Gasteiger partial charge in [0.1, 0.15) is 6.17 Å². The molecule has 2 rings (SSSR count). The molecule has 1 atom stereocenters. The van der Waals surface area contributed by atoms with Crippen LogP contribution in [-0.2, 0) is 9.59 Å². The second-order valence-electron chi connectivity index (χ2n) is 7.37. The molecule has 28 heavy (non-hydrogen) atoms. The van der Waals surface area contributed by atoms with Gasteiger partial charge in [0.05, 0.1) is 0 Å². The molecule has 1 fully saturated rings. The third-order valence-corrected chi connectivity index (χ3v) is 5.16. The van der Waals surface area contributed by atoms with Crippen LogP contribution in [0.3, 0.4) is 0 Å². The van der Waals surface area contributed by atoms with Crippen LogP contribution in [-0.4, -0.2) is 29.1 Å². The van der Waals surface area contributed by atoms with Gasteiger partial charge in [-0.05, 0) is 44.2 Å². The Hall–Kier alpha value is -2.41. The fourth-order valence-corrected chi connectivity index (χ4v) is 3.53. The molecule has 0 saturated heterocycles. The van der Waals surface area contributed by atoms with Gasteiger partial charge in [-0.1, -0.05) is 43.9 Å². The fourth-order valence-electron chi connectivity index (χ4n) is 3.53. The Labute approximate surface area is 166 Å². The van der Waals surface area contributed by atoms with Gasteiger partial charge in [-0.2, -0.15) is 0 Å². The number of hydrogen-bond donors (Lipinski definition) is 4. The molecular weight excluding hydrogens is 358 g/mol. The van der Waals surface area contributed by atoms with Crippen molar-refractivity contribution in [3.8, 4) is 0 Å². The van der Waals surface area contributed by atoms with Crippen molar-refractivity contribution in [3.05, 3.63) is 35.9 Å². The molecule has 0 aromatic heterocycles. The largest absolute Gasteiger partial charge is 0.336 e. The summed E-state index contributed by atoms with van der Waals surface area (Å²) in [5, 5.41) is 14.4. The lowest BCUT2D eigenvalue weighted by molar-refractivity contribution is -0.129. The van der Waals surface area contributed by atoms with Gasteiger partial charge < -0.3 is 10.6 Å². The summed E-state index contributed by atoms with van der Waals surface area (Å²) in [7, 11) is 0. The molecule has 3 amide bonds. The highest BCUT2D eigenvalue weighted by Gasteiger charge is 2.24. The van der Waals surface area contributed by atoms with Gasteiger partial charge in [0, 0.05) is 17.9 Å². The third kappa shape index (κ3) is 7.68. The van der Waals surface area contributed by atoms with Crippen LogP contribution in [0.15, 0.2) is 30.3 Å². The van der Waals surface area contributed by atoms with E-state index < -0.39 is 12.1 Å². The average molecular weight is 389 g/mol. The molecule has 0 spiro atoms. The van der Waals surface area contributed by atoms with E-state index in [0.717, 1.165) is 38.5 Å². The summed E-state index contributed by atoms with van der Waals surface area (Å²) in [4.78, 5) is 36.1. The number of carbonyl (C=O) groups is 3. The first-order chi connectivity index (χ1) is 13.6. The highest BCUT2D eigenvalue weighted by molar-refractivity contribution is 5.94. The van der Waals surface area contributed by atoms with E-state index in [4.69, 9.17) is 5.21 Å². The first-order valence-corrected chi connectivity index (χ1v) is 10.2. The van der Waals surface area contributed by atoms with Crippen molar-refractivity contribution in [2.45, 2.75) is 70.4 Å². The van der Waals surface area contributed by atoms with E-state index in [9.17, 15) is 14.4 Å². The van der Waals surface area contributed by atoms with Crippen molar-refractivity contribution in [1.29, 1.82) is 0 Å². The van der Waals surface area contributed by atoms with Crippen LogP contribution >= 0.6 is 0 Å². The number of unbranched alkanes of at least 4 members (excludes halogenated alkanes) is 2. The van der Waals surface area contributed by atoms with Crippen LogP contribution in [0.25, 0.3) is 0 Å². The minimum absolute atomic E-state index is 0.0118. The first-order valence-electron chi connectivity index (χ1n) is 10.2. The van der Waals surface area contributed by atoms with Crippen LogP contribution in [0.2, 0.25) is 0 Å². The molecule has 0 heterocycles. The van der Waals surface area contributed by atoms with Gasteiger partial charge in [-0.15, -0.1) is 0 Å². The molecule has 0 radical (unpaired) electrons. The SMILES string of the molecule is O=C(CCCCC[C@@H](NC(=O)c1ccccc1)NC(=O)C1CCCCC1)NO. The molecule has 1 aromatic carbocycles. The van der Waals surface area contributed by atoms with Gasteiger partial charge in [0.15, 0.2) is 0 Å². The van der Waals surface area contributed by atoms with Gasteiger partial charge >= 0.3 is 0 Å². The van der Waals surface area contributed by atoms with E-state index in [0.29, 0.717) is 18.4 Å². The zero-order chi connectivity index (χ0) is 20.2. The molecular formula is C21H31N3O4. The van der Waals surface area contributed by atoms with Crippen LogP contribution in [0.1, 0.15) is 74.6 Å². The van der Waals surface area contributed by atoms with Crippen molar-refractivity contribution in [1.82, 2.24) is 16.1 Å². The van der Waals surface area contributed by atoms with E-state index >= 15 is 0 Å². The standard InChI is InChI=1S/C21H31N3O4/c25-19(24-28)15-9-3-8-14-18(22-20(26)16-10-4-1-5-11-16)23-21(27)17-12-6-2-7-13-17/h1,4-5,10-11,17-18,28H,2-3,6-9,12-15H2,(H,22,26)(H,23,27)(H,24,25)/t18-/m0/s1. The number of amides is 3. The average Bonchev–Trinajstić information content (AvgIpc) is 2.74. The monoisotopic (exact) mass is 389 g/mol. The molecule has 1 aliphatic carbocycles. The molecule has 0 bridgehead atoms. The summed E-state index contributed by atoms with van der Waals surface area (Å²) in [6, 6.07) is 8.93. The molecule has 1 aromatic rings. The molecule has 0 unspecified atom stereocenters. The number of hydrogen-bond acceptors (Lipinski definition) is 4. The maximum atomic E-state index is 12.6. The second kappa shape index (κ2) is 12.1. The molecule has 1 aliphatic rings. The lowest BCUT2D eigenvalue weighted by atomic mass is 9.88. The Morgan fingerprint density at radius 3 is 2.36 bits per heavy atom. The summed E-state index contributed by atoms with van der Waals surface area (Å²) in [6.07, 6.45) is 7.72. The number of rotatable bonds is 10. The Kier molecular flexibility index (Phi) is 9.48. The highest BCUT2D eigenvalue weighted by Crippen LogP contribution is 2.23. The Morgan fingerprint density at radius 1 is 0.964 bits per heavy atom. The van der Waals surface area contributed by atoms with Crippen LogP contribution in [0, 0.1) is 5.92 Å². The Bertz CT molecular complexity index is 630. The van der Waals surface area contributed by atoms with E-state index in [1.807, 2.05) is 6.07 Å². The number of hydroxylamine groups is 1. The molecule has 1 saturated carbocycles. The quantitative estimate of drug-likeness (QED) is 0.214.